The van der Waals surface area contributed by atoms with Gasteiger partial charge in [0.15, 0.2) is 0 Å². The number of allylic oxidation sites excluding steroid dienone is 4. The third-order valence-corrected chi connectivity index (χ3v) is 5.97. The summed E-state index contributed by atoms with van der Waals surface area (Å²) in [6, 6.07) is 0. The lowest BCUT2D eigenvalue weighted by molar-refractivity contribution is -0.0600. The van der Waals surface area contributed by atoms with Gasteiger partial charge in [0.2, 0.25) is 12.2 Å². The summed E-state index contributed by atoms with van der Waals surface area (Å²) in [4.78, 5) is 5.87. The van der Waals surface area contributed by atoms with Crippen LogP contribution in [-0.2, 0) is 4.74 Å². The summed E-state index contributed by atoms with van der Waals surface area (Å²) in [6.45, 7) is 2.13. The highest BCUT2D eigenvalue weighted by molar-refractivity contribution is 8.05. The van der Waals surface area contributed by atoms with Crippen molar-refractivity contribution in [2.75, 3.05) is 0 Å². The monoisotopic (exact) mass is 289 g/mol. The van der Waals surface area contributed by atoms with E-state index in [-0.39, 0.29) is 5.54 Å². The van der Waals surface area contributed by atoms with Gasteiger partial charge >= 0.3 is 0 Å². The molecule has 0 saturated heterocycles. The molecular weight excluding hydrogens is 270 g/mol. The molecule has 4 rings (SSSR count). The van der Waals surface area contributed by atoms with Crippen LogP contribution >= 0.6 is 11.8 Å². The second kappa shape index (κ2) is 4.50. The van der Waals surface area contributed by atoms with Gasteiger partial charge < -0.3 is 9.84 Å². The Labute approximate surface area is 123 Å². The average Bonchev–Trinajstić information content (AvgIpc) is 3.10. The molecule has 1 N–H and O–H groups in total. The lowest BCUT2D eigenvalue weighted by atomic mass is 9.97. The van der Waals surface area contributed by atoms with Crippen LogP contribution < -0.4 is 0 Å². The zero-order valence-corrected chi connectivity index (χ0v) is 12.4. The van der Waals surface area contributed by atoms with Gasteiger partial charge in [-0.25, -0.2) is 4.99 Å². The van der Waals surface area contributed by atoms with E-state index in [1.807, 2.05) is 0 Å². The van der Waals surface area contributed by atoms with E-state index >= 15 is 0 Å². The Hall–Kier alpha value is -1.00. The standard InChI is InChI=1S/C16H19NO2S/c1-10-4-5-11-9-13(20-12(11)8-10)14-17-16(15(18)19-14)6-2-3-7-16/h4-5,8-9,11-12,15,18H,2-3,6-7H2,1H3. The van der Waals surface area contributed by atoms with E-state index < -0.39 is 6.29 Å². The van der Waals surface area contributed by atoms with E-state index in [4.69, 9.17) is 9.73 Å². The number of nitrogens with zero attached hydrogens (tertiary/aromatic N) is 1. The van der Waals surface area contributed by atoms with Crippen LogP contribution in [0.1, 0.15) is 32.6 Å². The van der Waals surface area contributed by atoms with Crippen molar-refractivity contribution in [2.24, 2.45) is 10.9 Å². The molecule has 3 atom stereocenters. The highest BCUT2D eigenvalue weighted by atomic mass is 32.2. The number of ether oxygens (including phenoxy) is 1. The molecule has 2 aliphatic carbocycles. The number of fused-ring (bicyclic) bond motifs is 1. The van der Waals surface area contributed by atoms with Gasteiger partial charge in [-0.3, -0.25) is 0 Å². The Kier molecular flexibility index (Phi) is 2.86. The molecule has 0 aromatic heterocycles. The Morgan fingerprint density at radius 1 is 1.35 bits per heavy atom. The number of aliphatic imine (C=N–C) groups is 1. The summed E-state index contributed by atoms with van der Waals surface area (Å²) in [5.74, 6) is 1.10. The molecule has 3 unspecified atom stereocenters. The number of rotatable bonds is 1. The largest absolute Gasteiger partial charge is 0.445 e. The molecule has 0 aromatic carbocycles. The zero-order chi connectivity index (χ0) is 13.7. The minimum Gasteiger partial charge on any atom is -0.445 e. The molecule has 4 aliphatic rings. The van der Waals surface area contributed by atoms with Crippen molar-refractivity contribution in [3.05, 3.63) is 34.8 Å². The van der Waals surface area contributed by atoms with E-state index in [1.165, 1.54) is 5.57 Å². The fourth-order valence-corrected chi connectivity index (χ4v) is 4.83. The van der Waals surface area contributed by atoms with Crippen molar-refractivity contribution in [2.45, 2.75) is 49.7 Å². The number of aliphatic hydroxyl groups excluding tert-OH is 1. The fraction of sp³-hybridized carbons (Fsp3) is 0.562. The molecule has 20 heavy (non-hydrogen) atoms. The summed E-state index contributed by atoms with van der Waals surface area (Å²) in [7, 11) is 0. The van der Waals surface area contributed by atoms with Crippen LogP contribution in [0.15, 0.2) is 39.8 Å². The van der Waals surface area contributed by atoms with Crippen LogP contribution in [0.25, 0.3) is 0 Å². The topological polar surface area (TPSA) is 41.8 Å². The van der Waals surface area contributed by atoms with Crippen LogP contribution in [0, 0.1) is 5.92 Å². The van der Waals surface area contributed by atoms with Gasteiger partial charge in [0.1, 0.15) is 5.54 Å². The molecule has 106 valence electrons. The quantitative estimate of drug-likeness (QED) is 0.806. The van der Waals surface area contributed by atoms with Crippen molar-refractivity contribution in [1.82, 2.24) is 0 Å². The number of hydrogen-bond acceptors (Lipinski definition) is 4. The molecule has 0 amide bonds. The zero-order valence-electron chi connectivity index (χ0n) is 11.6. The van der Waals surface area contributed by atoms with Crippen LogP contribution in [0.2, 0.25) is 0 Å². The lowest BCUT2D eigenvalue weighted by Gasteiger charge is -2.21. The number of hydrogen-bond donors (Lipinski definition) is 1. The molecule has 1 saturated carbocycles. The van der Waals surface area contributed by atoms with E-state index in [1.54, 1.807) is 11.8 Å². The third kappa shape index (κ3) is 1.89. The first-order valence-electron chi connectivity index (χ1n) is 7.36. The van der Waals surface area contributed by atoms with E-state index in [0.717, 1.165) is 30.6 Å². The molecule has 2 heterocycles. The number of thioether (sulfide) groups is 1. The minimum absolute atomic E-state index is 0.355. The molecule has 0 aromatic rings. The maximum atomic E-state index is 10.2. The highest BCUT2D eigenvalue weighted by Gasteiger charge is 2.48. The normalized spacial score (nSPS) is 37.5. The molecule has 2 aliphatic heterocycles. The molecule has 3 nitrogen and oxygen atoms in total. The summed E-state index contributed by atoms with van der Waals surface area (Å²) < 4.78 is 5.69. The van der Waals surface area contributed by atoms with E-state index in [9.17, 15) is 5.11 Å². The molecule has 0 bridgehead atoms. The Bertz CT molecular complexity index is 555. The predicted molar refractivity (Wildman–Crippen MR) is 81.6 cm³/mol. The molecule has 4 heteroatoms. The van der Waals surface area contributed by atoms with E-state index in [0.29, 0.717) is 17.1 Å². The molecule has 1 fully saturated rings. The van der Waals surface area contributed by atoms with Crippen LogP contribution in [0.4, 0.5) is 0 Å². The molecule has 0 radical (unpaired) electrons. The maximum Gasteiger partial charge on any atom is 0.225 e. The van der Waals surface area contributed by atoms with Gasteiger partial charge in [-0.15, -0.1) is 11.8 Å². The third-order valence-electron chi connectivity index (χ3n) is 4.68. The van der Waals surface area contributed by atoms with Crippen molar-refractivity contribution in [1.29, 1.82) is 0 Å². The molecule has 1 spiro atoms. The van der Waals surface area contributed by atoms with Gasteiger partial charge in [0.05, 0.1) is 4.91 Å². The van der Waals surface area contributed by atoms with Crippen LogP contribution in [0.5, 0.6) is 0 Å². The Morgan fingerprint density at radius 3 is 2.95 bits per heavy atom. The van der Waals surface area contributed by atoms with Crippen molar-refractivity contribution >= 4 is 17.7 Å². The van der Waals surface area contributed by atoms with Gasteiger partial charge in [0, 0.05) is 11.2 Å². The first-order valence-corrected chi connectivity index (χ1v) is 8.24. The molecular formula is C16H19NO2S. The van der Waals surface area contributed by atoms with Crippen molar-refractivity contribution in [3.8, 4) is 0 Å². The SMILES string of the molecule is CC1=CC2SC(C3=NC4(CCCC4)C(O)O3)=CC2C=C1. The first-order chi connectivity index (χ1) is 9.66. The van der Waals surface area contributed by atoms with Crippen molar-refractivity contribution < 1.29 is 9.84 Å². The summed E-state index contributed by atoms with van der Waals surface area (Å²) in [6.07, 6.45) is 12.4. The van der Waals surface area contributed by atoms with Crippen LogP contribution in [-0.4, -0.2) is 28.1 Å². The summed E-state index contributed by atoms with van der Waals surface area (Å²) >= 11 is 1.81. The lowest BCUT2D eigenvalue weighted by Crippen LogP contribution is -2.34. The second-order valence-corrected chi connectivity index (χ2v) is 7.38. The summed E-state index contributed by atoms with van der Waals surface area (Å²) in [5, 5.41) is 10.7. The van der Waals surface area contributed by atoms with Crippen LogP contribution in [0.3, 0.4) is 0 Å². The smallest absolute Gasteiger partial charge is 0.225 e. The fourth-order valence-electron chi connectivity index (χ4n) is 3.50. The maximum absolute atomic E-state index is 10.2. The van der Waals surface area contributed by atoms with E-state index in [2.05, 4.69) is 31.2 Å². The summed E-state index contributed by atoms with van der Waals surface area (Å²) in [5.41, 5.74) is 0.960. The van der Waals surface area contributed by atoms with Gasteiger partial charge in [0.25, 0.3) is 0 Å². The average molecular weight is 289 g/mol. The predicted octanol–water partition coefficient (Wildman–Crippen LogP) is 3.18. The van der Waals surface area contributed by atoms with Crippen molar-refractivity contribution in [3.63, 3.8) is 0 Å². The minimum atomic E-state index is -0.753. The highest BCUT2D eigenvalue weighted by Crippen LogP contribution is 2.46. The number of aliphatic hydroxyl groups is 1. The second-order valence-electron chi connectivity index (χ2n) is 6.16. The Balaban J connectivity index is 1.59. The van der Waals surface area contributed by atoms with Gasteiger partial charge in [-0.05, 0) is 19.8 Å². The van der Waals surface area contributed by atoms with Gasteiger partial charge in [-0.1, -0.05) is 42.7 Å². The first kappa shape index (κ1) is 12.7. The Morgan fingerprint density at radius 2 is 2.15 bits per heavy atom. The van der Waals surface area contributed by atoms with Gasteiger partial charge in [-0.2, -0.15) is 0 Å².